The molecule has 1 aliphatic carbocycles. The lowest BCUT2D eigenvalue weighted by Gasteiger charge is -2.39. The number of piperidine rings is 1. The summed E-state index contributed by atoms with van der Waals surface area (Å²) in [7, 11) is -3.34. The van der Waals surface area contributed by atoms with Gasteiger partial charge in [0.1, 0.15) is 0 Å². The van der Waals surface area contributed by atoms with Crippen LogP contribution in [0.1, 0.15) is 59.3 Å². The highest BCUT2D eigenvalue weighted by atomic mass is 32.2. The molecule has 2 aliphatic rings. The minimum Gasteiger partial charge on any atom is -0.312 e. The lowest BCUT2D eigenvalue weighted by atomic mass is 10.1. The van der Waals surface area contributed by atoms with Crippen LogP contribution in [-0.4, -0.2) is 54.8 Å². The second-order valence-electron chi connectivity index (χ2n) is 6.41. The van der Waals surface area contributed by atoms with Gasteiger partial charge in [-0.15, -0.1) is 0 Å². The van der Waals surface area contributed by atoms with E-state index >= 15 is 0 Å². The third-order valence-electron chi connectivity index (χ3n) is 4.78. The predicted octanol–water partition coefficient (Wildman–Crippen LogP) is 1.96. The van der Waals surface area contributed by atoms with Gasteiger partial charge in [0.05, 0.1) is 0 Å². The van der Waals surface area contributed by atoms with Crippen molar-refractivity contribution in [2.45, 2.75) is 77.4 Å². The van der Waals surface area contributed by atoms with Crippen molar-refractivity contribution in [3.8, 4) is 0 Å². The SMILES string of the molecule is CCC(C)N(CC)S(=O)(=O)N1CCCCC1CNC1CC1. The topological polar surface area (TPSA) is 52.7 Å². The predicted molar refractivity (Wildman–Crippen MR) is 86.4 cm³/mol. The molecule has 0 radical (unpaired) electrons. The zero-order valence-corrected chi connectivity index (χ0v) is 14.5. The Hall–Kier alpha value is -0.170. The van der Waals surface area contributed by atoms with Crippen molar-refractivity contribution >= 4 is 10.2 Å². The molecule has 2 unspecified atom stereocenters. The van der Waals surface area contributed by atoms with Crippen LogP contribution in [0.5, 0.6) is 0 Å². The van der Waals surface area contributed by atoms with E-state index in [0.717, 1.165) is 32.2 Å². The summed E-state index contributed by atoms with van der Waals surface area (Å²) in [6.07, 6.45) is 6.44. The van der Waals surface area contributed by atoms with E-state index in [1.807, 2.05) is 20.8 Å². The zero-order chi connectivity index (χ0) is 15.5. The van der Waals surface area contributed by atoms with Crippen molar-refractivity contribution in [3.63, 3.8) is 0 Å². The fourth-order valence-corrected chi connectivity index (χ4v) is 5.23. The molecule has 0 spiro atoms. The van der Waals surface area contributed by atoms with Crippen LogP contribution in [0, 0.1) is 0 Å². The molecule has 2 fully saturated rings. The Morgan fingerprint density at radius 1 is 1.24 bits per heavy atom. The quantitative estimate of drug-likeness (QED) is 0.744. The number of rotatable bonds is 8. The smallest absolute Gasteiger partial charge is 0.282 e. The molecule has 1 N–H and O–H groups in total. The summed E-state index contributed by atoms with van der Waals surface area (Å²) in [5, 5.41) is 3.50. The summed E-state index contributed by atoms with van der Waals surface area (Å²) in [6.45, 7) is 8.02. The lowest BCUT2D eigenvalue weighted by molar-refractivity contribution is 0.216. The average Bonchev–Trinajstić information content (AvgIpc) is 3.29. The molecule has 0 amide bonds. The maximum Gasteiger partial charge on any atom is 0.282 e. The Bertz CT molecular complexity index is 423. The van der Waals surface area contributed by atoms with E-state index in [2.05, 4.69) is 5.32 Å². The van der Waals surface area contributed by atoms with Gasteiger partial charge in [0, 0.05) is 37.8 Å². The number of nitrogens with one attached hydrogen (secondary N) is 1. The van der Waals surface area contributed by atoms with Crippen molar-refractivity contribution < 1.29 is 8.42 Å². The van der Waals surface area contributed by atoms with Crippen LogP contribution in [0.15, 0.2) is 0 Å². The normalized spacial score (nSPS) is 26.2. The fraction of sp³-hybridized carbons (Fsp3) is 1.00. The van der Waals surface area contributed by atoms with Crippen molar-refractivity contribution in [1.29, 1.82) is 0 Å². The van der Waals surface area contributed by atoms with Gasteiger partial charge in [-0.2, -0.15) is 17.0 Å². The van der Waals surface area contributed by atoms with E-state index in [4.69, 9.17) is 0 Å². The molecule has 6 heteroatoms. The molecule has 21 heavy (non-hydrogen) atoms. The summed E-state index contributed by atoms with van der Waals surface area (Å²) < 4.78 is 29.5. The van der Waals surface area contributed by atoms with Crippen LogP contribution in [0.4, 0.5) is 0 Å². The molecule has 0 aromatic carbocycles. The monoisotopic (exact) mass is 317 g/mol. The number of hydrogen-bond donors (Lipinski definition) is 1. The lowest BCUT2D eigenvalue weighted by Crippen LogP contribution is -2.55. The van der Waals surface area contributed by atoms with Gasteiger partial charge in [0.2, 0.25) is 0 Å². The average molecular weight is 317 g/mol. The molecule has 1 heterocycles. The van der Waals surface area contributed by atoms with E-state index in [9.17, 15) is 8.42 Å². The van der Waals surface area contributed by atoms with Gasteiger partial charge in [0.15, 0.2) is 0 Å². The number of nitrogens with zero attached hydrogens (tertiary/aromatic N) is 2. The van der Waals surface area contributed by atoms with Crippen molar-refractivity contribution in [2.75, 3.05) is 19.6 Å². The summed E-state index contributed by atoms with van der Waals surface area (Å²) in [5.41, 5.74) is 0. The van der Waals surface area contributed by atoms with E-state index in [1.54, 1.807) is 8.61 Å². The van der Waals surface area contributed by atoms with Crippen molar-refractivity contribution in [1.82, 2.24) is 13.9 Å². The Morgan fingerprint density at radius 2 is 1.95 bits per heavy atom. The molecular formula is C15H31N3O2S. The summed E-state index contributed by atoms with van der Waals surface area (Å²) in [5.74, 6) is 0. The molecule has 0 aromatic rings. The Balaban J connectivity index is 2.09. The maximum absolute atomic E-state index is 13.0. The first-order valence-electron chi connectivity index (χ1n) is 8.52. The molecule has 1 aliphatic heterocycles. The third-order valence-corrected chi connectivity index (χ3v) is 7.06. The minimum absolute atomic E-state index is 0.0685. The molecule has 0 aromatic heterocycles. The molecule has 124 valence electrons. The third kappa shape index (κ3) is 4.18. The van der Waals surface area contributed by atoms with E-state index in [1.165, 1.54) is 12.8 Å². The van der Waals surface area contributed by atoms with Gasteiger partial charge in [0.25, 0.3) is 10.2 Å². The van der Waals surface area contributed by atoms with Gasteiger partial charge >= 0.3 is 0 Å². The second-order valence-corrected chi connectivity index (χ2v) is 8.24. The molecular weight excluding hydrogens is 286 g/mol. The van der Waals surface area contributed by atoms with Gasteiger partial charge in [-0.1, -0.05) is 20.3 Å². The van der Waals surface area contributed by atoms with Gasteiger partial charge in [-0.25, -0.2) is 0 Å². The van der Waals surface area contributed by atoms with Gasteiger partial charge in [-0.05, 0) is 39.0 Å². The second kappa shape index (κ2) is 7.40. The Kier molecular flexibility index (Phi) is 6.05. The van der Waals surface area contributed by atoms with Crippen LogP contribution in [0.25, 0.3) is 0 Å². The molecule has 5 nitrogen and oxygen atoms in total. The maximum atomic E-state index is 13.0. The first-order valence-corrected chi connectivity index (χ1v) is 9.92. The summed E-state index contributed by atoms with van der Waals surface area (Å²) in [6, 6.07) is 0.828. The van der Waals surface area contributed by atoms with E-state index in [0.29, 0.717) is 19.1 Å². The summed E-state index contributed by atoms with van der Waals surface area (Å²) in [4.78, 5) is 0. The van der Waals surface area contributed by atoms with Crippen LogP contribution in [0.3, 0.4) is 0 Å². The highest BCUT2D eigenvalue weighted by Gasteiger charge is 2.37. The highest BCUT2D eigenvalue weighted by Crippen LogP contribution is 2.25. The zero-order valence-electron chi connectivity index (χ0n) is 13.7. The largest absolute Gasteiger partial charge is 0.312 e. The van der Waals surface area contributed by atoms with Crippen LogP contribution in [-0.2, 0) is 10.2 Å². The van der Waals surface area contributed by atoms with Crippen LogP contribution >= 0.6 is 0 Å². The van der Waals surface area contributed by atoms with Crippen molar-refractivity contribution in [2.24, 2.45) is 0 Å². The minimum atomic E-state index is -3.34. The molecule has 2 atom stereocenters. The van der Waals surface area contributed by atoms with Crippen LogP contribution in [0.2, 0.25) is 0 Å². The van der Waals surface area contributed by atoms with Crippen molar-refractivity contribution in [3.05, 3.63) is 0 Å². The standard InChI is InChI=1S/C15H31N3O2S/c1-4-13(3)17(5-2)21(19,20)18-11-7-6-8-15(18)12-16-14-9-10-14/h13-16H,4-12H2,1-3H3. The first kappa shape index (κ1) is 17.2. The van der Waals surface area contributed by atoms with E-state index < -0.39 is 10.2 Å². The molecule has 2 rings (SSSR count). The van der Waals surface area contributed by atoms with E-state index in [-0.39, 0.29) is 12.1 Å². The Morgan fingerprint density at radius 3 is 2.52 bits per heavy atom. The Labute approximate surface area is 130 Å². The first-order chi connectivity index (χ1) is 10.0. The molecule has 0 bridgehead atoms. The van der Waals surface area contributed by atoms with Crippen LogP contribution < -0.4 is 5.32 Å². The number of hydrogen-bond acceptors (Lipinski definition) is 3. The molecule has 1 saturated carbocycles. The summed E-state index contributed by atoms with van der Waals surface area (Å²) >= 11 is 0. The fourth-order valence-electron chi connectivity index (χ4n) is 3.11. The van der Waals surface area contributed by atoms with Gasteiger partial charge < -0.3 is 5.32 Å². The molecule has 1 saturated heterocycles. The van der Waals surface area contributed by atoms with Gasteiger partial charge in [-0.3, -0.25) is 0 Å². The highest BCUT2D eigenvalue weighted by molar-refractivity contribution is 7.86.